The van der Waals surface area contributed by atoms with Crippen LogP contribution in [-0.2, 0) is 6.42 Å². The van der Waals surface area contributed by atoms with E-state index in [2.05, 4.69) is 0 Å². The highest BCUT2D eigenvalue weighted by Crippen LogP contribution is 2.21. The quantitative estimate of drug-likeness (QED) is 0.642. The topological polar surface area (TPSA) is 0 Å². The van der Waals surface area contributed by atoms with E-state index < -0.39 is 11.6 Å². The second-order valence-electron chi connectivity index (χ2n) is 4.52. The number of halogens is 2. The first kappa shape index (κ1) is 14.1. The molecule has 0 atom stereocenters. The second kappa shape index (κ2) is 5.84. The summed E-state index contributed by atoms with van der Waals surface area (Å²) >= 11 is 0. The molecular formula is C13H20F2. The van der Waals surface area contributed by atoms with Gasteiger partial charge in [0.05, 0.1) is 0 Å². The maximum atomic E-state index is 12.8. The van der Waals surface area contributed by atoms with Crippen molar-refractivity contribution in [2.75, 3.05) is 0 Å². The molecule has 15 heavy (non-hydrogen) atoms. The molecule has 1 aromatic carbocycles. The van der Waals surface area contributed by atoms with Crippen molar-refractivity contribution in [3.8, 4) is 0 Å². The highest BCUT2D eigenvalue weighted by molar-refractivity contribution is 5.18. The first-order valence-electron chi connectivity index (χ1n) is 5.32. The second-order valence-corrected chi connectivity index (χ2v) is 4.52. The Kier molecular flexibility index (Phi) is 5.48. The number of hydrogen-bond donors (Lipinski definition) is 0. The van der Waals surface area contributed by atoms with E-state index in [0.717, 1.165) is 6.07 Å². The molecule has 0 bridgehead atoms. The minimum Gasteiger partial charge on any atom is -0.207 e. The van der Waals surface area contributed by atoms with Crippen LogP contribution in [0.1, 0.15) is 40.2 Å². The Labute approximate surface area is 91.3 Å². The van der Waals surface area contributed by atoms with E-state index in [1.165, 1.54) is 12.1 Å². The lowest BCUT2D eigenvalue weighted by atomic mass is 9.88. The van der Waals surface area contributed by atoms with Gasteiger partial charge in [-0.05, 0) is 29.5 Å². The van der Waals surface area contributed by atoms with E-state index in [1.807, 2.05) is 34.6 Å². The van der Waals surface area contributed by atoms with Gasteiger partial charge in [-0.3, -0.25) is 0 Å². The van der Waals surface area contributed by atoms with Gasteiger partial charge in [0.1, 0.15) is 11.6 Å². The van der Waals surface area contributed by atoms with Crippen molar-refractivity contribution in [2.24, 2.45) is 5.41 Å². The zero-order valence-electron chi connectivity index (χ0n) is 10.2. The van der Waals surface area contributed by atoms with E-state index in [9.17, 15) is 8.78 Å². The summed E-state index contributed by atoms with van der Waals surface area (Å²) in [6.07, 6.45) is 0.682. The van der Waals surface area contributed by atoms with Gasteiger partial charge in [0.15, 0.2) is 0 Å². The Morgan fingerprint density at radius 1 is 0.933 bits per heavy atom. The molecule has 0 aliphatic heterocycles. The minimum atomic E-state index is -0.501. The molecule has 0 saturated heterocycles. The van der Waals surface area contributed by atoms with E-state index in [4.69, 9.17) is 0 Å². The Bertz CT molecular complexity index is 278. The maximum absolute atomic E-state index is 12.8. The van der Waals surface area contributed by atoms with Crippen molar-refractivity contribution in [1.29, 1.82) is 0 Å². The SMILES string of the molecule is CC.CC(C)(C)Cc1cc(F)cc(F)c1. The molecule has 0 nitrogen and oxygen atoms in total. The molecule has 0 radical (unpaired) electrons. The van der Waals surface area contributed by atoms with E-state index in [1.54, 1.807) is 0 Å². The average Bonchev–Trinajstić information content (AvgIpc) is 2.02. The van der Waals surface area contributed by atoms with Crippen molar-refractivity contribution in [1.82, 2.24) is 0 Å². The van der Waals surface area contributed by atoms with E-state index in [-0.39, 0.29) is 5.41 Å². The summed E-state index contributed by atoms with van der Waals surface area (Å²) < 4.78 is 25.5. The fourth-order valence-corrected chi connectivity index (χ4v) is 1.33. The smallest absolute Gasteiger partial charge is 0.126 e. The predicted octanol–water partition coefficient (Wildman–Crippen LogP) is 4.58. The highest BCUT2D eigenvalue weighted by atomic mass is 19.1. The molecule has 86 valence electrons. The van der Waals surface area contributed by atoms with Crippen LogP contribution in [0.3, 0.4) is 0 Å². The number of rotatable bonds is 1. The summed E-state index contributed by atoms with van der Waals surface area (Å²) in [7, 11) is 0. The van der Waals surface area contributed by atoms with Crippen LogP contribution in [-0.4, -0.2) is 0 Å². The van der Waals surface area contributed by atoms with Gasteiger partial charge in [-0.25, -0.2) is 8.78 Å². The molecule has 0 aliphatic carbocycles. The highest BCUT2D eigenvalue weighted by Gasteiger charge is 2.12. The summed E-state index contributed by atoms with van der Waals surface area (Å²) in [6.45, 7) is 10.1. The van der Waals surface area contributed by atoms with Gasteiger partial charge < -0.3 is 0 Å². The van der Waals surface area contributed by atoms with Crippen LogP contribution in [0.25, 0.3) is 0 Å². The zero-order valence-corrected chi connectivity index (χ0v) is 10.2. The minimum absolute atomic E-state index is 0.0558. The fourth-order valence-electron chi connectivity index (χ4n) is 1.33. The van der Waals surface area contributed by atoms with Crippen molar-refractivity contribution in [3.05, 3.63) is 35.4 Å². The molecular weight excluding hydrogens is 194 g/mol. The third-order valence-electron chi connectivity index (χ3n) is 1.66. The summed E-state index contributed by atoms with van der Waals surface area (Å²) in [5.74, 6) is -1.00. The van der Waals surface area contributed by atoms with Crippen LogP contribution in [0.5, 0.6) is 0 Å². The van der Waals surface area contributed by atoms with Crippen LogP contribution in [0.2, 0.25) is 0 Å². The van der Waals surface area contributed by atoms with Crippen LogP contribution >= 0.6 is 0 Å². The largest absolute Gasteiger partial charge is 0.207 e. The molecule has 0 amide bonds. The average molecular weight is 214 g/mol. The van der Waals surface area contributed by atoms with Gasteiger partial charge >= 0.3 is 0 Å². The molecule has 0 heterocycles. The molecule has 0 spiro atoms. The molecule has 0 unspecified atom stereocenters. The van der Waals surface area contributed by atoms with Gasteiger partial charge in [-0.15, -0.1) is 0 Å². The standard InChI is InChI=1S/C11H14F2.C2H6/c1-11(2,3)7-8-4-9(12)6-10(13)5-8;1-2/h4-6H,7H2,1-3H3;1-2H3. The van der Waals surface area contributed by atoms with Crippen LogP contribution in [0.15, 0.2) is 18.2 Å². The van der Waals surface area contributed by atoms with Gasteiger partial charge in [0.2, 0.25) is 0 Å². The third kappa shape index (κ3) is 6.21. The molecule has 0 aromatic heterocycles. The normalized spacial score (nSPS) is 10.6. The monoisotopic (exact) mass is 214 g/mol. The lowest BCUT2D eigenvalue weighted by molar-refractivity contribution is 0.409. The van der Waals surface area contributed by atoms with Gasteiger partial charge in [-0.2, -0.15) is 0 Å². The maximum Gasteiger partial charge on any atom is 0.126 e. The molecule has 0 saturated carbocycles. The predicted molar refractivity (Wildman–Crippen MR) is 60.9 cm³/mol. The molecule has 2 heteroatoms. The van der Waals surface area contributed by atoms with Crippen LogP contribution in [0, 0.1) is 17.0 Å². The Morgan fingerprint density at radius 3 is 1.67 bits per heavy atom. The third-order valence-corrected chi connectivity index (χ3v) is 1.66. The zero-order chi connectivity index (χ0) is 12.1. The van der Waals surface area contributed by atoms with Crippen LogP contribution < -0.4 is 0 Å². The summed E-state index contributed by atoms with van der Waals surface area (Å²) in [5, 5.41) is 0. The summed E-state index contributed by atoms with van der Waals surface area (Å²) in [6, 6.07) is 3.66. The molecule has 0 N–H and O–H groups in total. The van der Waals surface area contributed by atoms with E-state index >= 15 is 0 Å². The Hall–Kier alpha value is -0.920. The Balaban J connectivity index is 0.000000921. The summed E-state index contributed by atoms with van der Waals surface area (Å²) in [4.78, 5) is 0. The number of hydrogen-bond acceptors (Lipinski definition) is 0. The molecule has 0 aliphatic rings. The van der Waals surface area contributed by atoms with Crippen molar-refractivity contribution >= 4 is 0 Å². The van der Waals surface area contributed by atoms with Crippen molar-refractivity contribution in [3.63, 3.8) is 0 Å². The summed E-state index contributed by atoms with van der Waals surface area (Å²) in [5.41, 5.74) is 0.769. The lowest BCUT2D eigenvalue weighted by Crippen LogP contribution is -2.09. The van der Waals surface area contributed by atoms with Crippen molar-refractivity contribution < 1.29 is 8.78 Å². The number of benzene rings is 1. The van der Waals surface area contributed by atoms with Gasteiger partial charge in [0.25, 0.3) is 0 Å². The molecule has 0 fully saturated rings. The molecule has 1 rings (SSSR count). The Morgan fingerprint density at radius 2 is 1.33 bits per heavy atom. The van der Waals surface area contributed by atoms with Gasteiger partial charge in [0, 0.05) is 6.07 Å². The molecule has 1 aromatic rings. The van der Waals surface area contributed by atoms with Crippen molar-refractivity contribution in [2.45, 2.75) is 41.0 Å². The van der Waals surface area contributed by atoms with E-state index in [0.29, 0.717) is 12.0 Å². The fraction of sp³-hybridized carbons (Fsp3) is 0.538. The van der Waals surface area contributed by atoms with Gasteiger partial charge in [-0.1, -0.05) is 34.6 Å². The van der Waals surface area contributed by atoms with Crippen LogP contribution in [0.4, 0.5) is 8.78 Å². The lowest BCUT2D eigenvalue weighted by Gasteiger charge is -2.17. The first-order chi connectivity index (χ1) is 6.87. The first-order valence-corrected chi connectivity index (χ1v) is 5.32.